The number of aromatic hydroxyl groups is 1. The molecule has 1 aliphatic rings. The smallest absolute Gasteiger partial charge is 0.119 e. The number of hydrogen-bond acceptors (Lipinski definition) is 5. The lowest BCUT2D eigenvalue weighted by Gasteiger charge is -2.32. The molecule has 3 aromatic rings. The van der Waals surface area contributed by atoms with Gasteiger partial charge in [-0.05, 0) is 53.9 Å². The van der Waals surface area contributed by atoms with E-state index in [0.29, 0.717) is 32.3 Å². The summed E-state index contributed by atoms with van der Waals surface area (Å²) in [4.78, 5) is 0. The van der Waals surface area contributed by atoms with Gasteiger partial charge in [0.05, 0.1) is 32.5 Å². The summed E-state index contributed by atoms with van der Waals surface area (Å²) in [5.41, 5.74) is 3.45. The van der Waals surface area contributed by atoms with Crippen molar-refractivity contribution >= 4 is 0 Å². The van der Waals surface area contributed by atoms with Crippen LogP contribution in [0.4, 0.5) is 0 Å². The molecule has 0 spiro atoms. The van der Waals surface area contributed by atoms with E-state index >= 15 is 0 Å². The van der Waals surface area contributed by atoms with E-state index < -0.39 is 0 Å². The monoisotopic (exact) mass is 447 g/mol. The highest BCUT2D eigenvalue weighted by Gasteiger charge is 2.27. The zero-order valence-corrected chi connectivity index (χ0v) is 19.0. The first-order valence-electron chi connectivity index (χ1n) is 11.7. The minimum absolute atomic E-state index is 0.0923. The second kappa shape index (κ2) is 12.4. The summed E-state index contributed by atoms with van der Waals surface area (Å²) in [5, 5.41) is 13.1. The molecule has 1 heterocycles. The number of phenols is 1. The van der Waals surface area contributed by atoms with Crippen molar-refractivity contribution in [1.82, 2.24) is 5.32 Å². The van der Waals surface area contributed by atoms with Crippen molar-refractivity contribution < 1.29 is 19.3 Å². The highest BCUT2D eigenvalue weighted by Crippen LogP contribution is 2.30. The molecule has 0 saturated carbocycles. The molecule has 33 heavy (non-hydrogen) atoms. The molecule has 0 bridgehead atoms. The first-order valence-corrected chi connectivity index (χ1v) is 11.7. The average Bonchev–Trinajstić information content (AvgIpc) is 2.86. The fourth-order valence-corrected chi connectivity index (χ4v) is 4.16. The minimum atomic E-state index is 0.0923. The van der Waals surface area contributed by atoms with Gasteiger partial charge in [0.15, 0.2) is 0 Å². The van der Waals surface area contributed by atoms with Crippen LogP contribution >= 0.6 is 0 Å². The largest absolute Gasteiger partial charge is 0.508 e. The molecular formula is C28H33NO4. The zero-order chi connectivity index (χ0) is 22.7. The summed E-state index contributed by atoms with van der Waals surface area (Å²) in [5.74, 6) is 1.49. The van der Waals surface area contributed by atoms with Crippen molar-refractivity contribution in [3.8, 4) is 11.5 Å². The maximum absolute atomic E-state index is 9.67. The molecular weight excluding hydrogens is 414 g/mol. The van der Waals surface area contributed by atoms with Crippen LogP contribution in [0, 0.1) is 0 Å². The van der Waals surface area contributed by atoms with Gasteiger partial charge in [-0.3, -0.25) is 0 Å². The van der Waals surface area contributed by atoms with Crippen LogP contribution in [0.3, 0.4) is 0 Å². The second-order valence-corrected chi connectivity index (χ2v) is 8.43. The summed E-state index contributed by atoms with van der Waals surface area (Å²) in [6.45, 7) is 4.26. The van der Waals surface area contributed by atoms with Gasteiger partial charge in [0.2, 0.25) is 0 Å². The summed E-state index contributed by atoms with van der Waals surface area (Å²) in [7, 11) is 0. The molecule has 174 valence electrons. The molecule has 0 amide bonds. The third-order valence-corrected chi connectivity index (χ3v) is 5.92. The zero-order valence-electron chi connectivity index (χ0n) is 19.0. The number of phenolic OH excluding ortho intramolecular Hbond substituents is 1. The fraction of sp³-hybridized carbons (Fsp3) is 0.357. The maximum Gasteiger partial charge on any atom is 0.119 e. The normalized spacial score (nSPS) is 18.2. The van der Waals surface area contributed by atoms with Crippen molar-refractivity contribution in [3.63, 3.8) is 0 Å². The van der Waals surface area contributed by atoms with Crippen LogP contribution in [-0.2, 0) is 22.7 Å². The molecule has 1 aliphatic heterocycles. The first kappa shape index (κ1) is 23.3. The first-order chi connectivity index (χ1) is 16.3. The van der Waals surface area contributed by atoms with Gasteiger partial charge in [0.25, 0.3) is 0 Å². The molecule has 4 rings (SSSR count). The third kappa shape index (κ3) is 7.32. The minimum Gasteiger partial charge on any atom is -0.508 e. The summed E-state index contributed by atoms with van der Waals surface area (Å²) in [6.07, 6.45) is 1.98. The van der Waals surface area contributed by atoms with Crippen LogP contribution in [0.15, 0.2) is 78.9 Å². The third-order valence-electron chi connectivity index (χ3n) is 5.92. The Bertz CT molecular complexity index is 961. The van der Waals surface area contributed by atoms with E-state index in [0.717, 1.165) is 37.2 Å². The molecule has 5 heteroatoms. The molecule has 0 radical (unpaired) electrons. The van der Waals surface area contributed by atoms with Crippen LogP contribution < -0.4 is 10.1 Å². The second-order valence-electron chi connectivity index (χ2n) is 8.43. The quantitative estimate of drug-likeness (QED) is 0.403. The van der Waals surface area contributed by atoms with E-state index in [9.17, 15) is 5.11 Å². The molecule has 5 nitrogen and oxygen atoms in total. The molecule has 0 aromatic heterocycles. The van der Waals surface area contributed by atoms with Crippen LogP contribution in [0.5, 0.6) is 11.5 Å². The average molecular weight is 448 g/mol. The Morgan fingerprint density at radius 1 is 0.848 bits per heavy atom. The SMILES string of the molecule is Oc1cccc(COC2CNCCC2c2ccc(OCCCOCc3ccccc3)cc2)c1. The Labute approximate surface area is 196 Å². The van der Waals surface area contributed by atoms with Gasteiger partial charge in [-0.1, -0.05) is 54.6 Å². The number of ether oxygens (including phenoxy) is 3. The Balaban J connectivity index is 1.21. The molecule has 1 fully saturated rings. The highest BCUT2D eigenvalue weighted by atomic mass is 16.5. The summed E-state index contributed by atoms with van der Waals surface area (Å²) >= 11 is 0. The highest BCUT2D eigenvalue weighted by molar-refractivity contribution is 5.31. The molecule has 0 aliphatic carbocycles. The van der Waals surface area contributed by atoms with E-state index in [1.54, 1.807) is 12.1 Å². The predicted molar refractivity (Wildman–Crippen MR) is 130 cm³/mol. The van der Waals surface area contributed by atoms with E-state index in [2.05, 4.69) is 41.7 Å². The number of benzene rings is 3. The van der Waals surface area contributed by atoms with Crippen LogP contribution in [0.1, 0.15) is 35.4 Å². The molecule has 1 saturated heterocycles. The number of piperidine rings is 1. The van der Waals surface area contributed by atoms with Crippen molar-refractivity contribution in [2.24, 2.45) is 0 Å². The molecule has 2 unspecified atom stereocenters. The van der Waals surface area contributed by atoms with Gasteiger partial charge in [-0.25, -0.2) is 0 Å². The van der Waals surface area contributed by atoms with Crippen molar-refractivity contribution in [1.29, 1.82) is 0 Å². The molecule has 2 N–H and O–H groups in total. The van der Waals surface area contributed by atoms with Gasteiger partial charge in [0.1, 0.15) is 11.5 Å². The Morgan fingerprint density at radius 3 is 2.48 bits per heavy atom. The number of rotatable bonds is 11. The number of nitrogens with one attached hydrogen (secondary N) is 1. The van der Waals surface area contributed by atoms with E-state index in [1.165, 1.54) is 11.1 Å². The van der Waals surface area contributed by atoms with Crippen LogP contribution in [0.2, 0.25) is 0 Å². The summed E-state index contributed by atoms with van der Waals surface area (Å²) in [6, 6.07) is 25.9. The Morgan fingerprint density at radius 2 is 1.67 bits per heavy atom. The molecule has 2 atom stereocenters. The fourth-order valence-electron chi connectivity index (χ4n) is 4.16. The van der Waals surface area contributed by atoms with E-state index in [4.69, 9.17) is 14.2 Å². The lowest BCUT2D eigenvalue weighted by molar-refractivity contribution is 0.0105. The predicted octanol–water partition coefficient (Wildman–Crippen LogP) is 5.04. The van der Waals surface area contributed by atoms with Gasteiger partial charge >= 0.3 is 0 Å². The van der Waals surface area contributed by atoms with E-state index in [-0.39, 0.29) is 11.9 Å². The van der Waals surface area contributed by atoms with Crippen LogP contribution in [0.25, 0.3) is 0 Å². The van der Waals surface area contributed by atoms with Crippen molar-refractivity contribution in [2.45, 2.75) is 38.1 Å². The Kier molecular flexibility index (Phi) is 8.76. The van der Waals surface area contributed by atoms with Gasteiger partial charge in [-0.15, -0.1) is 0 Å². The van der Waals surface area contributed by atoms with Crippen LogP contribution in [-0.4, -0.2) is 37.5 Å². The number of hydrogen-bond donors (Lipinski definition) is 2. The van der Waals surface area contributed by atoms with Gasteiger partial charge < -0.3 is 24.6 Å². The lowest BCUT2D eigenvalue weighted by Crippen LogP contribution is -2.40. The van der Waals surface area contributed by atoms with Crippen molar-refractivity contribution in [2.75, 3.05) is 26.3 Å². The Hall–Kier alpha value is -2.86. The topological polar surface area (TPSA) is 60.0 Å². The van der Waals surface area contributed by atoms with Gasteiger partial charge in [0, 0.05) is 18.9 Å². The lowest BCUT2D eigenvalue weighted by atomic mass is 9.87. The summed E-state index contributed by atoms with van der Waals surface area (Å²) < 4.78 is 17.8. The molecule has 3 aromatic carbocycles. The maximum atomic E-state index is 9.67. The van der Waals surface area contributed by atoms with Gasteiger partial charge in [-0.2, -0.15) is 0 Å². The van der Waals surface area contributed by atoms with Crippen molar-refractivity contribution in [3.05, 3.63) is 95.6 Å². The standard InChI is InChI=1S/C28H33NO4/c30-25-9-4-8-23(18-25)21-33-28-19-29-15-14-27(28)24-10-12-26(13-11-24)32-17-5-16-31-20-22-6-2-1-3-7-22/h1-4,6-13,18,27-30H,5,14-17,19-21H2. The van der Waals surface area contributed by atoms with E-state index in [1.807, 2.05) is 30.3 Å².